The molecule has 0 unspecified atom stereocenters. The standard InChI is InChI=1S/C23H36N10O4/c1-5-32-29-19(28-30-32)17-15(34)16(35)21(37-17)31-12-25-14-18(24-11-10-23(2,3)4)26-22(27-20(14)31)33(36)13-8-6-7-9-13/h12-13,15-17,21,34-36H,5-11H2,1-4H3,(H,24,26,27)/t15-,16+,17-,21+/m0/s1. The van der Waals surface area contributed by atoms with Gasteiger partial charge >= 0.3 is 0 Å². The quantitative estimate of drug-likeness (QED) is 0.320. The van der Waals surface area contributed by atoms with Gasteiger partial charge in [-0.15, -0.1) is 10.2 Å². The van der Waals surface area contributed by atoms with Crippen molar-refractivity contribution in [3.05, 3.63) is 12.2 Å². The number of nitrogens with zero attached hydrogens (tertiary/aromatic N) is 9. The van der Waals surface area contributed by atoms with Crippen LogP contribution in [0.15, 0.2) is 6.33 Å². The van der Waals surface area contributed by atoms with E-state index in [9.17, 15) is 15.4 Å². The Labute approximate surface area is 214 Å². The predicted octanol–water partition coefficient (Wildman–Crippen LogP) is 1.81. The van der Waals surface area contributed by atoms with Crippen molar-refractivity contribution >= 4 is 22.9 Å². The molecular weight excluding hydrogens is 480 g/mol. The van der Waals surface area contributed by atoms with Crippen LogP contribution in [0.5, 0.6) is 0 Å². The van der Waals surface area contributed by atoms with Crippen molar-refractivity contribution in [1.29, 1.82) is 0 Å². The molecule has 4 N–H and O–H groups in total. The van der Waals surface area contributed by atoms with E-state index < -0.39 is 24.5 Å². The molecule has 2 aliphatic rings. The highest BCUT2D eigenvalue weighted by atomic mass is 16.6. The van der Waals surface area contributed by atoms with E-state index in [1.807, 2.05) is 6.92 Å². The number of tetrazole rings is 1. The highest BCUT2D eigenvalue weighted by Gasteiger charge is 2.47. The summed E-state index contributed by atoms with van der Waals surface area (Å²) in [5.41, 5.74) is 0.957. The minimum Gasteiger partial charge on any atom is -0.387 e. The topological polar surface area (TPSA) is 172 Å². The van der Waals surface area contributed by atoms with Crippen molar-refractivity contribution in [2.75, 3.05) is 16.9 Å². The number of hydrogen-bond donors (Lipinski definition) is 4. The molecule has 0 aromatic carbocycles. The van der Waals surface area contributed by atoms with Crippen LogP contribution in [0.3, 0.4) is 0 Å². The fourth-order valence-electron chi connectivity index (χ4n) is 4.79. The van der Waals surface area contributed by atoms with E-state index in [-0.39, 0.29) is 23.2 Å². The lowest BCUT2D eigenvalue weighted by atomic mass is 9.92. The summed E-state index contributed by atoms with van der Waals surface area (Å²) in [4.78, 5) is 15.1. The molecular formula is C23H36N10O4. The molecule has 2 fully saturated rings. The Hall–Kier alpha value is -2.94. The van der Waals surface area contributed by atoms with Gasteiger partial charge < -0.3 is 20.3 Å². The average molecular weight is 517 g/mol. The highest BCUT2D eigenvalue weighted by molar-refractivity contribution is 5.84. The third-order valence-corrected chi connectivity index (χ3v) is 6.97. The third-order valence-electron chi connectivity index (χ3n) is 6.97. The summed E-state index contributed by atoms with van der Waals surface area (Å²) in [6, 6.07) is -0.0666. The maximum absolute atomic E-state index is 11.0. The Kier molecular flexibility index (Phi) is 7.00. The maximum atomic E-state index is 11.0. The Morgan fingerprint density at radius 3 is 2.59 bits per heavy atom. The SMILES string of the molecule is CCn1nnc([C@H]2O[C@@H](n3cnc4c(NCCC(C)(C)C)nc(N(O)C5CCCC5)nc43)[C@H](O)[C@@H]2O)n1. The van der Waals surface area contributed by atoms with Crippen LogP contribution in [0.25, 0.3) is 11.2 Å². The van der Waals surface area contributed by atoms with Crippen molar-refractivity contribution in [2.24, 2.45) is 5.41 Å². The minimum atomic E-state index is -1.30. The molecule has 5 rings (SSSR count). The molecule has 0 spiro atoms. The summed E-state index contributed by atoms with van der Waals surface area (Å²) in [6.45, 7) is 9.51. The van der Waals surface area contributed by atoms with E-state index >= 15 is 0 Å². The normalized spacial score (nSPS) is 24.8. The number of aliphatic hydroxyl groups excluding tert-OH is 2. The summed E-state index contributed by atoms with van der Waals surface area (Å²) >= 11 is 0. The predicted molar refractivity (Wildman–Crippen MR) is 133 cm³/mol. The summed E-state index contributed by atoms with van der Waals surface area (Å²) in [7, 11) is 0. The summed E-state index contributed by atoms with van der Waals surface area (Å²) in [5, 5.41) is 49.2. The maximum Gasteiger partial charge on any atom is 0.253 e. The number of aryl methyl sites for hydroxylation is 1. The molecule has 0 amide bonds. The zero-order valence-corrected chi connectivity index (χ0v) is 21.7. The fraction of sp³-hybridized carbons (Fsp3) is 0.739. The number of nitrogens with one attached hydrogen (secondary N) is 1. The number of aliphatic hydroxyl groups is 2. The Morgan fingerprint density at radius 1 is 1.16 bits per heavy atom. The molecule has 0 radical (unpaired) electrons. The van der Waals surface area contributed by atoms with Gasteiger partial charge in [0.05, 0.1) is 18.9 Å². The first kappa shape index (κ1) is 25.7. The molecule has 4 heterocycles. The number of anilines is 2. The first-order valence-corrected chi connectivity index (χ1v) is 12.9. The Balaban J connectivity index is 1.49. The third kappa shape index (κ3) is 5.10. The lowest BCUT2D eigenvalue weighted by molar-refractivity contribution is -0.0384. The van der Waals surface area contributed by atoms with Gasteiger partial charge in [0, 0.05) is 6.54 Å². The van der Waals surface area contributed by atoms with Gasteiger partial charge in [0.25, 0.3) is 5.95 Å². The van der Waals surface area contributed by atoms with Crippen molar-refractivity contribution in [3.63, 3.8) is 0 Å². The lowest BCUT2D eigenvalue weighted by Gasteiger charge is -2.23. The molecule has 37 heavy (non-hydrogen) atoms. The smallest absolute Gasteiger partial charge is 0.253 e. The molecule has 1 saturated carbocycles. The zero-order chi connectivity index (χ0) is 26.3. The first-order chi connectivity index (χ1) is 17.7. The number of imidazole rings is 1. The van der Waals surface area contributed by atoms with Gasteiger partial charge in [-0.1, -0.05) is 33.6 Å². The Morgan fingerprint density at radius 2 is 1.92 bits per heavy atom. The summed E-state index contributed by atoms with van der Waals surface area (Å²) in [5.74, 6) is 0.816. The second kappa shape index (κ2) is 10.1. The Bertz CT molecular complexity index is 1220. The van der Waals surface area contributed by atoms with Gasteiger partial charge in [0.1, 0.15) is 12.2 Å². The fourth-order valence-corrected chi connectivity index (χ4v) is 4.79. The minimum absolute atomic E-state index is 0.0666. The van der Waals surface area contributed by atoms with Gasteiger partial charge in [-0.2, -0.15) is 14.8 Å². The van der Waals surface area contributed by atoms with E-state index in [4.69, 9.17) is 4.74 Å². The van der Waals surface area contributed by atoms with E-state index in [2.05, 4.69) is 56.5 Å². The largest absolute Gasteiger partial charge is 0.387 e. The van der Waals surface area contributed by atoms with E-state index in [1.54, 1.807) is 4.57 Å². The zero-order valence-electron chi connectivity index (χ0n) is 21.7. The molecule has 14 heteroatoms. The van der Waals surface area contributed by atoms with Crippen molar-refractivity contribution < 1.29 is 20.2 Å². The molecule has 1 aliphatic carbocycles. The monoisotopic (exact) mass is 516 g/mol. The molecule has 3 aromatic heterocycles. The molecule has 202 valence electrons. The number of hydrogen-bond acceptors (Lipinski definition) is 12. The molecule has 0 bridgehead atoms. The number of hydroxylamine groups is 1. The molecule has 1 saturated heterocycles. The molecule has 1 aliphatic heterocycles. The second-order valence-electron chi connectivity index (χ2n) is 11.0. The highest BCUT2D eigenvalue weighted by Crippen LogP contribution is 2.39. The van der Waals surface area contributed by atoms with Crippen LogP contribution in [0.2, 0.25) is 0 Å². The van der Waals surface area contributed by atoms with Crippen LogP contribution in [-0.2, 0) is 11.3 Å². The first-order valence-electron chi connectivity index (χ1n) is 12.9. The molecule has 3 aromatic rings. The number of fused-ring (bicyclic) bond motifs is 1. The average Bonchev–Trinajstić information content (AvgIpc) is 3.66. The molecule has 4 atom stereocenters. The number of aromatic nitrogens is 8. The summed E-state index contributed by atoms with van der Waals surface area (Å²) < 4.78 is 7.59. The van der Waals surface area contributed by atoms with E-state index in [0.29, 0.717) is 30.1 Å². The van der Waals surface area contributed by atoms with Crippen molar-refractivity contribution in [2.45, 2.75) is 96.9 Å². The van der Waals surface area contributed by atoms with Crippen LogP contribution in [0.4, 0.5) is 11.8 Å². The number of rotatable bonds is 8. The van der Waals surface area contributed by atoms with Gasteiger partial charge in [0.2, 0.25) is 5.82 Å². The van der Waals surface area contributed by atoms with Crippen molar-refractivity contribution in [1.82, 2.24) is 39.7 Å². The second-order valence-corrected chi connectivity index (χ2v) is 11.0. The van der Waals surface area contributed by atoms with Crippen LogP contribution >= 0.6 is 0 Å². The van der Waals surface area contributed by atoms with E-state index in [1.165, 1.54) is 11.1 Å². The van der Waals surface area contributed by atoms with E-state index in [0.717, 1.165) is 37.2 Å². The summed E-state index contributed by atoms with van der Waals surface area (Å²) in [6.07, 6.45) is 1.61. The van der Waals surface area contributed by atoms with Crippen LogP contribution in [-0.4, -0.2) is 79.9 Å². The lowest BCUT2D eigenvalue weighted by Crippen LogP contribution is -2.32. The van der Waals surface area contributed by atoms with Gasteiger partial charge in [-0.3, -0.25) is 9.77 Å². The van der Waals surface area contributed by atoms with Gasteiger partial charge in [-0.25, -0.2) is 10.0 Å². The number of ether oxygens (including phenoxy) is 1. The molecule has 14 nitrogen and oxygen atoms in total. The van der Waals surface area contributed by atoms with Gasteiger partial charge in [0.15, 0.2) is 29.3 Å². The van der Waals surface area contributed by atoms with Crippen LogP contribution in [0.1, 0.15) is 78.0 Å². The van der Waals surface area contributed by atoms with Crippen LogP contribution in [0, 0.1) is 5.41 Å². The van der Waals surface area contributed by atoms with Crippen LogP contribution < -0.4 is 10.4 Å². The van der Waals surface area contributed by atoms with Crippen molar-refractivity contribution in [3.8, 4) is 0 Å². The van der Waals surface area contributed by atoms with Gasteiger partial charge in [-0.05, 0) is 36.8 Å².